The average molecular weight is 1510 g/mol. The van der Waals surface area contributed by atoms with Gasteiger partial charge < -0.3 is 42.6 Å². The molecule has 0 aromatic heterocycles. The zero-order chi connectivity index (χ0) is 68.8. The van der Waals surface area contributed by atoms with Gasteiger partial charge in [-0.25, -0.2) is 0 Å². The summed E-state index contributed by atoms with van der Waals surface area (Å²) in [6.07, 6.45) is 62.7. The van der Waals surface area contributed by atoms with Crippen LogP contribution < -0.4 is 0 Å². The Morgan fingerprint density at radius 1 is 0.232 bits per heavy atom. The largest absolute Gasteiger partial charge is 0.328 e. The predicted octanol–water partition coefficient (Wildman–Crippen LogP) is 28.6. The molecule has 3 atom stereocenters. The van der Waals surface area contributed by atoms with E-state index >= 15 is 0 Å². The van der Waals surface area contributed by atoms with Crippen LogP contribution in [0.3, 0.4) is 0 Å². The Morgan fingerprint density at radius 3 is 0.737 bits per heavy atom. The highest BCUT2D eigenvalue weighted by Crippen LogP contribution is 2.48. The second-order valence-electron chi connectivity index (χ2n) is 26.4. The van der Waals surface area contributed by atoms with Gasteiger partial charge >= 0.3 is 0 Å². The Bertz CT molecular complexity index is 1470. The molecule has 0 aromatic rings. The number of thioether (sulfide) groups is 1. The summed E-state index contributed by atoms with van der Waals surface area (Å²) in [5, 5.41) is 0. The van der Waals surface area contributed by atoms with Crippen LogP contribution in [0, 0.1) is 17.8 Å². The molecule has 0 aromatic carbocycles. The van der Waals surface area contributed by atoms with E-state index in [9.17, 15) is 0 Å². The van der Waals surface area contributed by atoms with Crippen molar-refractivity contribution < 1.29 is 42.6 Å². The molecular weight excluding hydrogens is 1360 g/mol. The van der Waals surface area contributed by atoms with E-state index < -0.39 is 17.9 Å². The first kappa shape index (κ1) is 95.8. The molecule has 1 aliphatic carbocycles. The molecule has 0 heterocycles. The quantitative estimate of drug-likeness (QED) is 0.0329. The summed E-state index contributed by atoms with van der Waals surface area (Å²) in [7, 11) is 16.7. The third-order valence-corrected chi connectivity index (χ3v) is 32.8. The van der Waals surface area contributed by atoms with Crippen molar-refractivity contribution in [3.8, 4) is 0 Å². The number of rotatable bonds is 80. The minimum atomic E-state index is -0.840. The van der Waals surface area contributed by atoms with Crippen LogP contribution in [-0.2, 0) is 42.6 Å². The first-order valence-electron chi connectivity index (χ1n) is 40.3. The van der Waals surface area contributed by atoms with Crippen molar-refractivity contribution in [2.24, 2.45) is 17.8 Å². The fraction of sp³-hybridized carbons (Fsp3) is 1.00. The molecule has 9 nitrogen and oxygen atoms in total. The summed E-state index contributed by atoms with van der Waals surface area (Å²) in [4.78, 5) is 0. The van der Waals surface area contributed by atoms with Crippen molar-refractivity contribution in [2.75, 3.05) is 94.0 Å². The Kier molecular flexibility index (Phi) is 74.3. The van der Waals surface area contributed by atoms with Crippen molar-refractivity contribution >= 4 is 94.2 Å². The maximum atomic E-state index is 5.91. The Labute approximate surface area is 625 Å². The van der Waals surface area contributed by atoms with Crippen LogP contribution in [0.2, 0.25) is 0 Å². The van der Waals surface area contributed by atoms with E-state index in [0.717, 1.165) is 56.3 Å². The van der Waals surface area contributed by atoms with Gasteiger partial charge in [0.25, 0.3) is 17.9 Å². The molecule has 0 spiro atoms. The SMILES string of the molecule is CCOC(CCCCCCCCCCCCCCCCSSSSCCC1CCC(CCSCCCCCCCCCCCCC(OCC)(OCC)OCC)CC1CCSSSSCCCCCCCCCCCCCCCCC(OCC)(OCC)OCC)(OCC)OCC. The van der Waals surface area contributed by atoms with Crippen LogP contribution in [0.25, 0.3) is 0 Å². The minimum absolute atomic E-state index is 0.614. The molecule has 0 aliphatic heterocycles. The van der Waals surface area contributed by atoms with Gasteiger partial charge in [0.15, 0.2) is 0 Å². The molecule has 95 heavy (non-hydrogen) atoms. The normalized spacial score (nSPS) is 15.7. The summed E-state index contributed by atoms with van der Waals surface area (Å²) in [5.74, 6) is 8.28. The molecule has 1 fully saturated rings. The van der Waals surface area contributed by atoms with Gasteiger partial charge in [0, 0.05) is 102 Å². The average Bonchev–Trinajstić information content (AvgIpc) is 1.04. The second kappa shape index (κ2) is 73.7. The summed E-state index contributed by atoms with van der Waals surface area (Å²) in [6, 6.07) is 0. The third-order valence-electron chi connectivity index (χ3n) is 18.5. The van der Waals surface area contributed by atoms with Crippen molar-refractivity contribution in [2.45, 2.75) is 382 Å². The number of hydrogen-bond donors (Lipinski definition) is 0. The van der Waals surface area contributed by atoms with Crippen molar-refractivity contribution in [3.05, 3.63) is 0 Å². The van der Waals surface area contributed by atoms with E-state index in [-0.39, 0.29) is 0 Å². The zero-order valence-electron chi connectivity index (χ0n) is 63.4. The van der Waals surface area contributed by atoms with E-state index in [1.807, 2.05) is 62.3 Å². The highest BCUT2D eigenvalue weighted by atomic mass is 33.7. The molecule has 0 N–H and O–H groups in total. The van der Waals surface area contributed by atoms with Crippen LogP contribution in [0.5, 0.6) is 0 Å². The lowest BCUT2D eigenvalue weighted by Crippen LogP contribution is -2.39. The van der Waals surface area contributed by atoms with Gasteiger partial charge in [0.1, 0.15) is 0 Å². The summed E-state index contributed by atoms with van der Waals surface area (Å²) < 4.78 is 53.1. The summed E-state index contributed by atoms with van der Waals surface area (Å²) in [5.41, 5.74) is 0. The van der Waals surface area contributed by atoms with Gasteiger partial charge in [-0.05, 0) is 202 Å². The van der Waals surface area contributed by atoms with E-state index in [0.29, 0.717) is 59.5 Å². The maximum Gasteiger partial charge on any atom is 0.282 e. The zero-order valence-corrected chi connectivity index (χ0v) is 70.8. The first-order chi connectivity index (χ1) is 46.8. The maximum absolute atomic E-state index is 5.91. The predicted molar refractivity (Wildman–Crippen MR) is 438 cm³/mol. The molecule has 3 unspecified atom stereocenters. The van der Waals surface area contributed by atoms with Gasteiger partial charge in [0.2, 0.25) is 0 Å². The molecule has 1 aliphatic rings. The highest BCUT2D eigenvalue weighted by Gasteiger charge is 2.34. The van der Waals surface area contributed by atoms with E-state index in [1.165, 1.54) is 298 Å². The molecular formula is C77H154O9S9. The van der Waals surface area contributed by atoms with E-state index in [1.54, 1.807) is 0 Å². The fourth-order valence-electron chi connectivity index (χ4n) is 13.6. The smallest absolute Gasteiger partial charge is 0.282 e. The molecule has 570 valence electrons. The van der Waals surface area contributed by atoms with Crippen molar-refractivity contribution in [1.29, 1.82) is 0 Å². The van der Waals surface area contributed by atoms with Crippen LogP contribution in [-0.4, -0.2) is 112 Å². The number of hydrogen-bond acceptors (Lipinski definition) is 18. The molecule has 0 bridgehead atoms. The standard InChI is InChI=1S/C77H154O9S9/c1-10-78-75(79-11-2,80-12-3)62-51-45-39-33-27-23-19-21-25-30-37-43-49-55-66-88-92-94-90-69-60-73-58-57-72(59-68-87-65-54-48-42-36-32-29-35-41-47-53-64-77(84-16-7,85-17-8)86-18-9)71-74(73)61-70-91-95-93-89-67-56-50-44-38-31-26-22-20-24-28-34-40-46-52-63-76(81-13-4,82-14-5)83-15-6/h72-74H,10-71H2,1-9H3. The Hall–Kier alpha value is 2.79. The molecule has 1 rings (SSSR count). The third kappa shape index (κ3) is 57.7. The Morgan fingerprint density at radius 2 is 0.463 bits per heavy atom. The molecule has 0 amide bonds. The van der Waals surface area contributed by atoms with E-state index in [2.05, 4.69) is 94.2 Å². The Balaban J connectivity index is 2.26. The minimum Gasteiger partial charge on any atom is -0.328 e. The van der Waals surface area contributed by atoms with E-state index in [4.69, 9.17) is 42.6 Å². The highest BCUT2D eigenvalue weighted by molar-refractivity contribution is 9.26. The monoisotopic (exact) mass is 1510 g/mol. The van der Waals surface area contributed by atoms with Gasteiger partial charge in [-0.2, -0.15) is 11.8 Å². The van der Waals surface area contributed by atoms with Crippen LogP contribution in [0.15, 0.2) is 0 Å². The van der Waals surface area contributed by atoms with Crippen LogP contribution >= 0.6 is 94.2 Å². The molecule has 0 radical (unpaired) electrons. The molecule has 18 heteroatoms. The van der Waals surface area contributed by atoms with Gasteiger partial charge in [-0.1, -0.05) is 255 Å². The topological polar surface area (TPSA) is 83.1 Å². The van der Waals surface area contributed by atoms with Crippen LogP contribution in [0.4, 0.5) is 0 Å². The van der Waals surface area contributed by atoms with Gasteiger partial charge in [-0.15, -0.1) is 0 Å². The number of ether oxygens (including phenoxy) is 9. The van der Waals surface area contributed by atoms with Gasteiger partial charge in [-0.3, -0.25) is 0 Å². The lowest BCUT2D eigenvalue weighted by molar-refractivity contribution is -0.380. The number of unbranched alkanes of at least 4 members (excludes halogenated alkanes) is 35. The summed E-state index contributed by atoms with van der Waals surface area (Å²) >= 11 is 2.26. The molecule has 0 saturated heterocycles. The first-order valence-corrected chi connectivity index (χ1v) is 51.7. The van der Waals surface area contributed by atoms with Crippen LogP contribution in [0.1, 0.15) is 364 Å². The lowest BCUT2D eigenvalue weighted by atomic mass is 9.71. The molecule has 1 saturated carbocycles. The second-order valence-corrected chi connectivity index (χ2v) is 40.1. The van der Waals surface area contributed by atoms with Crippen molar-refractivity contribution in [3.63, 3.8) is 0 Å². The fourth-order valence-corrected chi connectivity index (χ4v) is 27.3. The summed E-state index contributed by atoms with van der Waals surface area (Å²) in [6.45, 7) is 23.7. The lowest BCUT2D eigenvalue weighted by Gasteiger charge is -2.36. The van der Waals surface area contributed by atoms with Gasteiger partial charge in [0.05, 0.1) is 0 Å². The van der Waals surface area contributed by atoms with Crippen molar-refractivity contribution in [1.82, 2.24) is 0 Å².